The summed E-state index contributed by atoms with van der Waals surface area (Å²) in [6, 6.07) is 0.233. The second kappa shape index (κ2) is 5.64. The highest BCUT2D eigenvalue weighted by atomic mass is 35.5. The number of imidazole rings is 1. The topological polar surface area (TPSA) is 72.0 Å². The van der Waals surface area contributed by atoms with E-state index in [0.717, 1.165) is 12.4 Å². The summed E-state index contributed by atoms with van der Waals surface area (Å²) in [6.07, 6.45) is 4.13. The summed E-state index contributed by atoms with van der Waals surface area (Å²) in [5.74, 6) is 0.889. The molecule has 1 N–H and O–H groups in total. The summed E-state index contributed by atoms with van der Waals surface area (Å²) < 4.78 is 3.63. The molecule has 0 unspecified atom stereocenters. The quantitative estimate of drug-likeness (QED) is 0.919. The molecule has 2 aromatic heterocycles. The van der Waals surface area contributed by atoms with Crippen LogP contribution in [0.25, 0.3) is 0 Å². The molecule has 0 spiro atoms. The Kier molecular flexibility index (Phi) is 3.96. The number of rotatable bonds is 4. The van der Waals surface area contributed by atoms with Gasteiger partial charge in [-0.05, 0) is 20.3 Å². The van der Waals surface area contributed by atoms with E-state index in [9.17, 15) is 5.11 Å². The Morgan fingerprint density at radius 2 is 2.23 bits per heavy atom. The molecular weight excluding hydrogens is 304 g/mol. The predicted octanol–water partition coefficient (Wildman–Crippen LogP) is 1.34. The van der Waals surface area contributed by atoms with Crippen molar-refractivity contribution in [1.29, 1.82) is 0 Å². The molecule has 0 saturated carbocycles. The number of hydrogen-bond acceptors (Lipinski definition) is 5. The molecular formula is C14H21ClN6O. The first-order valence-corrected chi connectivity index (χ1v) is 7.80. The summed E-state index contributed by atoms with van der Waals surface area (Å²) in [6.45, 7) is 6.04. The first-order valence-electron chi connectivity index (χ1n) is 7.42. The van der Waals surface area contributed by atoms with Crippen LogP contribution in [-0.4, -0.2) is 47.6 Å². The number of hydrogen-bond donors (Lipinski definition) is 1. The highest BCUT2D eigenvalue weighted by Gasteiger charge is 2.40. The number of aromatic nitrogens is 5. The first kappa shape index (κ1) is 15.5. The molecule has 1 aliphatic rings. The van der Waals surface area contributed by atoms with Gasteiger partial charge >= 0.3 is 0 Å². The molecule has 0 aromatic carbocycles. The Hall–Kier alpha value is -1.44. The maximum absolute atomic E-state index is 10.9. The van der Waals surface area contributed by atoms with Gasteiger partial charge in [-0.3, -0.25) is 4.90 Å². The van der Waals surface area contributed by atoms with E-state index in [0.29, 0.717) is 30.4 Å². The van der Waals surface area contributed by atoms with Crippen LogP contribution in [0, 0.1) is 0 Å². The molecule has 7 nitrogen and oxygen atoms in total. The normalized spacial score (nSPS) is 22.8. The molecule has 1 fully saturated rings. The number of β-amino-alcohol motifs (C(OH)–C–C–N with tert-alkyl or cyclic N) is 1. The lowest BCUT2D eigenvalue weighted by Gasteiger charge is -2.21. The molecule has 3 heterocycles. The highest BCUT2D eigenvalue weighted by molar-refractivity contribution is 6.29. The summed E-state index contributed by atoms with van der Waals surface area (Å²) in [5.41, 5.74) is -0.302. The first-order chi connectivity index (χ1) is 10.4. The van der Waals surface area contributed by atoms with Crippen LogP contribution in [0.4, 0.5) is 0 Å². The highest BCUT2D eigenvalue weighted by Crippen LogP contribution is 2.31. The van der Waals surface area contributed by atoms with Gasteiger partial charge in [-0.2, -0.15) is 0 Å². The van der Waals surface area contributed by atoms with E-state index in [1.54, 1.807) is 10.9 Å². The summed E-state index contributed by atoms with van der Waals surface area (Å²) in [5, 5.41) is 19.7. The van der Waals surface area contributed by atoms with Crippen molar-refractivity contribution in [3.05, 3.63) is 29.1 Å². The summed E-state index contributed by atoms with van der Waals surface area (Å²) in [7, 11) is 1.89. The van der Waals surface area contributed by atoms with E-state index in [2.05, 4.69) is 20.2 Å². The van der Waals surface area contributed by atoms with Gasteiger partial charge in [0, 0.05) is 26.2 Å². The van der Waals surface area contributed by atoms with Gasteiger partial charge in [0.1, 0.15) is 22.3 Å². The zero-order valence-corrected chi connectivity index (χ0v) is 13.8. The minimum Gasteiger partial charge on any atom is -0.382 e. The largest absolute Gasteiger partial charge is 0.382 e. The number of aliphatic hydroxyl groups is 1. The third-order valence-electron chi connectivity index (χ3n) is 4.24. The van der Waals surface area contributed by atoms with Crippen molar-refractivity contribution in [1.82, 2.24) is 29.4 Å². The Morgan fingerprint density at radius 1 is 1.45 bits per heavy atom. The minimum atomic E-state index is -0.942. The standard InChI is InChI=1S/C14H21ClN6O/c1-10(2)21-7-11(17-18-21)14(22)4-5-20(9-14)8-13-16-6-12(15)19(13)3/h6-7,10,22H,4-5,8-9H2,1-3H3/t14-/m0/s1. The van der Waals surface area contributed by atoms with Gasteiger partial charge in [-0.1, -0.05) is 16.8 Å². The second-order valence-electron chi connectivity index (χ2n) is 6.23. The fourth-order valence-electron chi connectivity index (χ4n) is 2.73. The number of nitrogens with zero attached hydrogens (tertiary/aromatic N) is 6. The minimum absolute atomic E-state index is 0.233. The summed E-state index contributed by atoms with van der Waals surface area (Å²) >= 11 is 6.01. The fourth-order valence-corrected chi connectivity index (χ4v) is 2.87. The maximum Gasteiger partial charge on any atom is 0.128 e. The van der Waals surface area contributed by atoms with Crippen LogP contribution >= 0.6 is 11.6 Å². The third-order valence-corrected chi connectivity index (χ3v) is 4.59. The van der Waals surface area contributed by atoms with Crippen molar-refractivity contribution in [3.63, 3.8) is 0 Å². The Bertz CT molecular complexity index is 666. The maximum atomic E-state index is 10.9. The van der Waals surface area contributed by atoms with Crippen LogP contribution in [0.15, 0.2) is 12.4 Å². The van der Waals surface area contributed by atoms with E-state index >= 15 is 0 Å². The molecule has 1 atom stereocenters. The van der Waals surface area contributed by atoms with E-state index < -0.39 is 5.60 Å². The second-order valence-corrected chi connectivity index (χ2v) is 6.61. The van der Waals surface area contributed by atoms with Crippen LogP contribution in [0.5, 0.6) is 0 Å². The molecule has 1 aliphatic heterocycles. The zero-order valence-electron chi connectivity index (χ0n) is 13.1. The van der Waals surface area contributed by atoms with Crippen molar-refractivity contribution in [3.8, 4) is 0 Å². The van der Waals surface area contributed by atoms with E-state index in [1.165, 1.54) is 0 Å². The van der Waals surface area contributed by atoms with Gasteiger partial charge < -0.3 is 9.67 Å². The van der Waals surface area contributed by atoms with Gasteiger partial charge in [0.05, 0.1) is 18.9 Å². The van der Waals surface area contributed by atoms with Gasteiger partial charge in [0.2, 0.25) is 0 Å². The average molecular weight is 325 g/mol. The lowest BCUT2D eigenvalue weighted by Crippen LogP contribution is -2.31. The van der Waals surface area contributed by atoms with Gasteiger partial charge in [0.15, 0.2) is 0 Å². The molecule has 0 amide bonds. The van der Waals surface area contributed by atoms with Crippen molar-refractivity contribution in [2.24, 2.45) is 7.05 Å². The predicted molar refractivity (Wildman–Crippen MR) is 82.4 cm³/mol. The Balaban J connectivity index is 1.71. The van der Waals surface area contributed by atoms with Crippen LogP contribution in [0.1, 0.15) is 37.8 Å². The Labute approximate surface area is 134 Å². The van der Waals surface area contributed by atoms with Crippen molar-refractivity contribution in [2.45, 2.75) is 38.5 Å². The van der Waals surface area contributed by atoms with Gasteiger partial charge in [0.25, 0.3) is 0 Å². The third kappa shape index (κ3) is 2.76. The van der Waals surface area contributed by atoms with E-state index in [-0.39, 0.29) is 6.04 Å². The van der Waals surface area contributed by atoms with E-state index in [1.807, 2.05) is 31.7 Å². The van der Waals surface area contributed by atoms with Gasteiger partial charge in [-0.25, -0.2) is 9.67 Å². The Morgan fingerprint density at radius 3 is 2.82 bits per heavy atom. The van der Waals surface area contributed by atoms with Crippen molar-refractivity contribution in [2.75, 3.05) is 13.1 Å². The number of halogens is 1. The molecule has 120 valence electrons. The molecule has 8 heteroatoms. The summed E-state index contributed by atoms with van der Waals surface area (Å²) in [4.78, 5) is 6.46. The lowest BCUT2D eigenvalue weighted by molar-refractivity contribution is 0.0404. The lowest BCUT2D eigenvalue weighted by atomic mass is 10.00. The van der Waals surface area contributed by atoms with E-state index in [4.69, 9.17) is 11.6 Å². The monoisotopic (exact) mass is 324 g/mol. The smallest absolute Gasteiger partial charge is 0.128 e. The fraction of sp³-hybridized carbons (Fsp3) is 0.643. The molecule has 22 heavy (non-hydrogen) atoms. The van der Waals surface area contributed by atoms with Crippen LogP contribution in [0.2, 0.25) is 5.15 Å². The SMILES string of the molecule is CC(C)n1cc([C@]2(O)CCN(Cc3ncc(Cl)n3C)C2)nn1. The van der Waals surface area contributed by atoms with Crippen LogP contribution < -0.4 is 0 Å². The van der Waals surface area contributed by atoms with Crippen LogP contribution in [0.3, 0.4) is 0 Å². The average Bonchev–Trinajstić information content (AvgIpc) is 3.16. The van der Waals surface area contributed by atoms with Crippen molar-refractivity contribution >= 4 is 11.6 Å². The van der Waals surface area contributed by atoms with Gasteiger partial charge in [-0.15, -0.1) is 5.10 Å². The molecule has 0 aliphatic carbocycles. The zero-order chi connectivity index (χ0) is 15.9. The van der Waals surface area contributed by atoms with Crippen molar-refractivity contribution < 1.29 is 5.11 Å². The molecule has 2 aromatic rings. The molecule has 3 rings (SSSR count). The number of likely N-dealkylation sites (tertiary alicyclic amines) is 1. The molecule has 0 bridgehead atoms. The van der Waals surface area contributed by atoms with Crippen LogP contribution in [-0.2, 0) is 19.2 Å². The molecule has 0 radical (unpaired) electrons. The molecule has 1 saturated heterocycles.